The van der Waals surface area contributed by atoms with Gasteiger partial charge >= 0.3 is 0 Å². The van der Waals surface area contributed by atoms with Crippen LogP contribution in [-0.4, -0.2) is 0 Å². The number of hydrazine groups is 1. The van der Waals surface area contributed by atoms with Gasteiger partial charge in [0.2, 0.25) is 0 Å². The molecule has 1 aromatic rings. The molecule has 2 nitrogen and oxygen atoms in total. The molecule has 96 valence electrons. The van der Waals surface area contributed by atoms with Gasteiger partial charge in [0.1, 0.15) is 0 Å². The van der Waals surface area contributed by atoms with Gasteiger partial charge in [-0.3, -0.25) is 11.3 Å². The average molecular weight is 273 g/mol. The maximum absolute atomic E-state index is 6.35. The first kappa shape index (κ1) is 13.3. The first-order valence-electron chi connectivity index (χ1n) is 6.33. The zero-order valence-electron chi connectivity index (χ0n) is 10.5. The highest BCUT2D eigenvalue weighted by Crippen LogP contribution is 2.41. The Labute approximate surface area is 113 Å². The zero-order valence-corrected chi connectivity index (χ0v) is 12.1. The van der Waals surface area contributed by atoms with E-state index in [0.29, 0.717) is 5.92 Å². The molecule has 0 aliphatic heterocycles. The van der Waals surface area contributed by atoms with Gasteiger partial charge in [-0.25, -0.2) is 0 Å². The van der Waals surface area contributed by atoms with E-state index in [-0.39, 0.29) is 6.04 Å². The normalized spacial score (nSPS) is 27.1. The van der Waals surface area contributed by atoms with Gasteiger partial charge in [-0.2, -0.15) is 0 Å². The molecule has 1 saturated carbocycles. The molecule has 4 heteroatoms. The fraction of sp³-hybridized carbons (Fsp3) is 0.692. The molecule has 0 bridgehead atoms. The molecule has 3 atom stereocenters. The molecule has 3 unspecified atom stereocenters. The third-order valence-corrected chi connectivity index (χ3v) is 5.63. The van der Waals surface area contributed by atoms with Crippen molar-refractivity contribution >= 4 is 22.9 Å². The Kier molecular flexibility index (Phi) is 4.47. The number of hydrogen-bond donors (Lipinski definition) is 2. The zero-order chi connectivity index (χ0) is 12.4. The van der Waals surface area contributed by atoms with Gasteiger partial charge < -0.3 is 0 Å². The molecule has 0 amide bonds. The third kappa shape index (κ3) is 2.84. The summed E-state index contributed by atoms with van der Waals surface area (Å²) < 4.78 is 0. The summed E-state index contributed by atoms with van der Waals surface area (Å²) in [5, 5.41) is 3.02. The molecule has 1 fully saturated rings. The molecular formula is C13H21ClN2S. The number of aryl methyl sites for hydroxylation is 1. The van der Waals surface area contributed by atoms with Crippen LogP contribution in [0.1, 0.15) is 49.1 Å². The van der Waals surface area contributed by atoms with Crippen LogP contribution in [0.15, 0.2) is 5.38 Å². The number of halogens is 1. The topological polar surface area (TPSA) is 38.0 Å². The van der Waals surface area contributed by atoms with E-state index in [1.54, 1.807) is 11.3 Å². The van der Waals surface area contributed by atoms with Crippen molar-refractivity contribution < 1.29 is 0 Å². The largest absolute Gasteiger partial charge is 0.271 e. The van der Waals surface area contributed by atoms with Crippen LogP contribution in [0.2, 0.25) is 5.02 Å². The Balaban J connectivity index is 2.18. The second kappa shape index (κ2) is 5.70. The van der Waals surface area contributed by atoms with Gasteiger partial charge in [-0.15, -0.1) is 11.3 Å². The summed E-state index contributed by atoms with van der Waals surface area (Å²) in [5.74, 6) is 7.19. The fourth-order valence-corrected chi connectivity index (χ4v) is 4.33. The molecule has 1 aliphatic carbocycles. The Morgan fingerprint density at radius 2 is 2.29 bits per heavy atom. The second-order valence-corrected chi connectivity index (χ2v) is 6.56. The van der Waals surface area contributed by atoms with Crippen LogP contribution in [0.4, 0.5) is 0 Å². The molecule has 3 N–H and O–H groups in total. The Morgan fingerprint density at radius 1 is 1.53 bits per heavy atom. The summed E-state index contributed by atoms with van der Waals surface area (Å²) in [4.78, 5) is 1.21. The first-order chi connectivity index (χ1) is 8.13. The molecule has 0 aromatic carbocycles. The lowest BCUT2D eigenvalue weighted by molar-refractivity contribution is 0.226. The maximum atomic E-state index is 6.35. The molecule has 1 aromatic heterocycles. The van der Waals surface area contributed by atoms with Crippen molar-refractivity contribution in [3.8, 4) is 0 Å². The minimum absolute atomic E-state index is 0.226. The molecular weight excluding hydrogens is 252 g/mol. The fourth-order valence-electron chi connectivity index (χ4n) is 2.87. The average Bonchev–Trinajstić information content (AvgIpc) is 2.63. The van der Waals surface area contributed by atoms with E-state index in [1.165, 1.54) is 30.6 Å². The van der Waals surface area contributed by atoms with Crippen LogP contribution in [0.3, 0.4) is 0 Å². The SMILES string of the molecule is Cc1csc(C(NN)C2CCCC(C)C2)c1Cl. The van der Waals surface area contributed by atoms with Crippen LogP contribution >= 0.6 is 22.9 Å². The molecule has 1 aliphatic rings. The van der Waals surface area contributed by atoms with E-state index < -0.39 is 0 Å². The lowest BCUT2D eigenvalue weighted by atomic mass is 9.78. The summed E-state index contributed by atoms with van der Waals surface area (Å²) in [6.45, 7) is 4.39. The monoisotopic (exact) mass is 272 g/mol. The predicted octanol–water partition coefficient (Wildman–Crippen LogP) is 4.04. The van der Waals surface area contributed by atoms with Crippen molar-refractivity contribution in [1.29, 1.82) is 0 Å². The minimum Gasteiger partial charge on any atom is -0.271 e. The van der Waals surface area contributed by atoms with Gasteiger partial charge in [-0.05, 0) is 42.5 Å². The lowest BCUT2D eigenvalue weighted by Gasteiger charge is -2.32. The minimum atomic E-state index is 0.226. The van der Waals surface area contributed by atoms with Crippen LogP contribution in [0.5, 0.6) is 0 Å². The highest BCUT2D eigenvalue weighted by molar-refractivity contribution is 7.10. The van der Waals surface area contributed by atoms with Crippen molar-refractivity contribution in [1.82, 2.24) is 5.43 Å². The summed E-state index contributed by atoms with van der Waals surface area (Å²) in [6.07, 6.45) is 5.17. The quantitative estimate of drug-likeness (QED) is 0.644. The molecule has 0 spiro atoms. The van der Waals surface area contributed by atoms with Gasteiger partial charge in [0.15, 0.2) is 0 Å². The first-order valence-corrected chi connectivity index (χ1v) is 7.58. The lowest BCUT2D eigenvalue weighted by Crippen LogP contribution is -2.35. The molecule has 0 radical (unpaired) electrons. The smallest absolute Gasteiger partial charge is 0.0596 e. The molecule has 1 heterocycles. The van der Waals surface area contributed by atoms with E-state index >= 15 is 0 Å². The molecule has 0 saturated heterocycles. The highest BCUT2D eigenvalue weighted by atomic mass is 35.5. The molecule has 2 rings (SSSR count). The van der Waals surface area contributed by atoms with E-state index in [4.69, 9.17) is 17.4 Å². The third-order valence-electron chi connectivity index (χ3n) is 3.84. The van der Waals surface area contributed by atoms with Gasteiger partial charge in [0, 0.05) is 4.88 Å². The number of thiophene rings is 1. The predicted molar refractivity (Wildman–Crippen MR) is 75.3 cm³/mol. The van der Waals surface area contributed by atoms with Crippen LogP contribution in [0.25, 0.3) is 0 Å². The standard InChI is InChI=1S/C13H21ClN2S/c1-8-4-3-5-10(6-8)12(16-15)13-11(14)9(2)7-17-13/h7-8,10,12,16H,3-6,15H2,1-2H3. The second-order valence-electron chi connectivity index (χ2n) is 5.27. The number of rotatable bonds is 3. The van der Waals surface area contributed by atoms with E-state index in [9.17, 15) is 0 Å². The summed E-state index contributed by atoms with van der Waals surface area (Å²) in [6, 6.07) is 0.226. The van der Waals surface area contributed by atoms with Crippen molar-refractivity contribution in [3.63, 3.8) is 0 Å². The van der Waals surface area contributed by atoms with Crippen molar-refractivity contribution in [2.45, 2.75) is 45.6 Å². The summed E-state index contributed by atoms with van der Waals surface area (Å²) in [5.41, 5.74) is 4.15. The van der Waals surface area contributed by atoms with Crippen molar-refractivity contribution in [2.75, 3.05) is 0 Å². The van der Waals surface area contributed by atoms with E-state index in [1.807, 2.05) is 0 Å². The Hall–Kier alpha value is -0.0900. The van der Waals surface area contributed by atoms with E-state index in [2.05, 4.69) is 24.7 Å². The maximum Gasteiger partial charge on any atom is 0.0596 e. The van der Waals surface area contributed by atoms with E-state index in [0.717, 1.165) is 16.5 Å². The highest BCUT2D eigenvalue weighted by Gasteiger charge is 2.29. The van der Waals surface area contributed by atoms with Crippen molar-refractivity contribution in [3.05, 3.63) is 20.8 Å². The Bertz CT molecular complexity index is 377. The number of hydrogen-bond acceptors (Lipinski definition) is 3. The summed E-state index contributed by atoms with van der Waals surface area (Å²) in [7, 11) is 0. The van der Waals surface area contributed by atoms with Crippen LogP contribution in [0, 0.1) is 18.8 Å². The van der Waals surface area contributed by atoms with Gasteiger partial charge in [0.05, 0.1) is 11.1 Å². The van der Waals surface area contributed by atoms with Crippen molar-refractivity contribution in [2.24, 2.45) is 17.7 Å². The van der Waals surface area contributed by atoms with Gasteiger partial charge in [0.25, 0.3) is 0 Å². The van der Waals surface area contributed by atoms with Crippen LogP contribution < -0.4 is 11.3 Å². The van der Waals surface area contributed by atoms with Crippen LogP contribution in [-0.2, 0) is 0 Å². The number of nitrogens with one attached hydrogen (secondary N) is 1. The Morgan fingerprint density at radius 3 is 2.82 bits per heavy atom. The summed E-state index contributed by atoms with van der Waals surface area (Å²) >= 11 is 8.08. The molecule has 17 heavy (non-hydrogen) atoms. The number of nitrogens with two attached hydrogens (primary N) is 1. The van der Waals surface area contributed by atoms with Gasteiger partial charge in [-0.1, -0.05) is 31.4 Å².